The average Bonchev–Trinajstić information content (AvgIpc) is 2.82. The van der Waals surface area contributed by atoms with Crippen LogP contribution in [0.4, 0.5) is 11.4 Å². The number of rotatable bonds is 6. The van der Waals surface area contributed by atoms with E-state index >= 15 is 0 Å². The summed E-state index contributed by atoms with van der Waals surface area (Å²) in [6.07, 6.45) is 2.33. The molecule has 1 atom stereocenters. The van der Waals surface area contributed by atoms with Gasteiger partial charge in [0.1, 0.15) is 5.75 Å². The van der Waals surface area contributed by atoms with E-state index in [1.54, 1.807) is 0 Å². The lowest BCUT2D eigenvalue weighted by molar-refractivity contribution is -0.384. The highest BCUT2D eigenvalue weighted by atomic mass is 16.6. The third-order valence-corrected chi connectivity index (χ3v) is 5.93. The Morgan fingerprint density at radius 1 is 1.15 bits per heavy atom. The quantitative estimate of drug-likeness (QED) is 0.324. The van der Waals surface area contributed by atoms with Crippen LogP contribution in [-0.2, 0) is 22.4 Å². The monoisotopic (exact) mass is 463 g/mol. The van der Waals surface area contributed by atoms with Crippen LogP contribution in [0, 0.1) is 17.0 Å². The SMILES string of the molecule is COc1ccc([N+](=O)[O-])cc1NC(=O)C(C)OC(=O)c1c2c(nc3ccc(C)cc13)CCCC2. The number of hydrogen-bond acceptors (Lipinski definition) is 7. The van der Waals surface area contributed by atoms with Crippen LogP contribution in [0.15, 0.2) is 36.4 Å². The Balaban J connectivity index is 1.61. The number of anilines is 1. The van der Waals surface area contributed by atoms with Crippen LogP contribution in [0.5, 0.6) is 5.75 Å². The number of nitro benzene ring substituents is 1. The molecular formula is C25H25N3O6. The molecule has 1 N–H and O–H groups in total. The third kappa shape index (κ3) is 4.54. The Hall–Kier alpha value is -4.01. The predicted octanol–water partition coefficient (Wildman–Crippen LogP) is 4.52. The smallest absolute Gasteiger partial charge is 0.339 e. The largest absolute Gasteiger partial charge is 0.495 e. The van der Waals surface area contributed by atoms with Crippen molar-refractivity contribution >= 4 is 34.2 Å². The first-order chi connectivity index (χ1) is 16.3. The number of benzene rings is 2. The van der Waals surface area contributed by atoms with Crippen molar-refractivity contribution in [2.75, 3.05) is 12.4 Å². The van der Waals surface area contributed by atoms with Gasteiger partial charge in [0, 0.05) is 23.2 Å². The molecular weight excluding hydrogens is 438 g/mol. The molecule has 3 aromatic rings. The number of carbonyl (C=O) groups is 2. The first-order valence-electron chi connectivity index (χ1n) is 11.0. The van der Waals surface area contributed by atoms with E-state index in [1.165, 1.54) is 32.2 Å². The average molecular weight is 463 g/mol. The molecule has 34 heavy (non-hydrogen) atoms. The molecule has 1 unspecified atom stereocenters. The highest BCUT2D eigenvalue weighted by Crippen LogP contribution is 2.31. The summed E-state index contributed by atoms with van der Waals surface area (Å²) in [5, 5.41) is 14.4. The van der Waals surface area contributed by atoms with Gasteiger partial charge >= 0.3 is 5.97 Å². The number of aromatic nitrogens is 1. The predicted molar refractivity (Wildman–Crippen MR) is 126 cm³/mol. The van der Waals surface area contributed by atoms with Crippen LogP contribution < -0.4 is 10.1 Å². The fourth-order valence-electron chi connectivity index (χ4n) is 4.19. The summed E-state index contributed by atoms with van der Waals surface area (Å²) in [7, 11) is 1.39. The molecule has 1 aromatic heterocycles. The van der Waals surface area contributed by atoms with E-state index in [9.17, 15) is 19.7 Å². The fraction of sp³-hybridized carbons (Fsp3) is 0.320. The first kappa shape index (κ1) is 23.2. The summed E-state index contributed by atoms with van der Waals surface area (Å²) in [5.74, 6) is -0.970. The minimum atomic E-state index is -1.15. The van der Waals surface area contributed by atoms with Crippen LogP contribution in [0.3, 0.4) is 0 Å². The first-order valence-corrected chi connectivity index (χ1v) is 11.0. The number of methoxy groups -OCH3 is 1. The summed E-state index contributed by atoms with van der Waals surface area (Å²) < 4.78 is 10.8. The van der Waals surface area contributed by atoms with Crippen molar-refractivity contribution in [1.82, 2.24) is 4.98 Å². The van der Waals surface area contributed by atoms with E-state index in [4.69, 9.17) is 14.5 Å². The molecule has 9 nitrogen and oxygen atoms in total. The second-order valence-corrected chi connectivity index (χ2v) is 8.32. The number of nitrogens with zero attached hydrogens (tertiary/aromatic N) is 2. The number of nitrogens with one attached hydrogen (secondary N) is 1. The van der Waals surface area contributed by atoms with Gasteiger partial charge in [-0.1, -0.05) is 11.6 Å². The van der Waals surface area contributed by atoms with Gasteiger partial charge in [-0.2, -0.15) is 0 Å². The van der Waals surface area contributed by atoms with Crippen molar-refractivity contribution in [3.63, 3.8) is 0 Å². The van der Waals surface area contributed by atoms with Gasteiger partial charge in [0.15, 0.2) is 6.10 Å². The normalized spacial score (nSPS) is 13.6. The van der Waals surface area contributed by atoms with Crippen molar-refractivity contribution in [3.8, 4) is 5.75 Å². The highest BCUT2D eigenvalue weighted by molar-refractivity contribution is 6.06. The molecule has 1 amide bonds. The zero-order chi connectivity index (χ0) is 24.4. The van der Waals surface area contributed by atoms with Gasteiger partial charge in [0.2, 0.25) is 0 Å². The molecule has 9 heteroatoms. The van der Waals surface area contributed by atoms with E-state index in [0.717, 1.165) is 48.0 Å². The molecule has 0 bridgehead atoms. The van der Waals surface area contributed by atoms with Crippen LogP contribution in [0.2, 0.25) is 0 Å². The van der Waals surface area contributed by atoms with E-state index < -0.39 is 22.9 Å². The topological polar surface area (TPSA) is 121 Å². The fourth-order valence-corrected chi connectivity index (χ4v) is 4.19. The Kier molecular flexibility index (Phi) is 6.45. The van der Waals surface area contributed by atoms with Crippen molar-refractivity contribution in [2.24, 2.45) is 0 Å². The molecule has 1 aliphatic rings. The number of esters is 1. The second kappa shape index (κ2) is 9.46. The summed E-state index contributed by atoms with van der Waals surface area (Å²) in [6.45, 7) is 3.40. The molecule has 0 spiro atoms. The summed E-state index contributed by atoms with van der Waals surface area (Å²) >= 11 is 0. The number of non-ortho nitro benzene ring substituents is 1. The van der Waals surface area contributed by atoms with Gasteiger partial charge < -0.3 is 14.8 Å². The second-order valence-electron chi connectivity index (χ2n) is 8.32. The Morgan fingerprint density at radius 3 is 2.65 bits per heavy atom. The molecule has 1 heterocycles. The Morgan fingerprint density at radius 2 is 1.91 bits per heavy atom. The molecule has 0 saturated carbocycles. The number of amides is 1. The summed E-state index contributed by atoms with van der Waals surface area (Å²) in [5.41, 5.74) is 3.85. The van der Waals surface area contributed by atoms with Crippen molar-refractivity contribution in [3.05, 3.63) is 68.9 Å². The molecule has 0 radical (unpaired) electrons. The lowest BCUT2D eigenvalue weighted by Crippen LogP contribution is -2.31. The number of pyridine rings is 1. The minimum Gasteiger partial charge on any atom is -0.495 e. The van der Waals surface area contributed by atoms with Crippen molar-refractivity contribution < 1.29 is 24.0 Å². The van der Waals surface area contributed by atoms with Crippen molar-refractivity contribution in [1.29, 1.82) is 0 Å². The highest BCUT2D eigenvalue weighted by Gasteiger charge is 2.27. The van der Waals surface area contributed by atoms with Crippen LogP contribution >= 0.6 is 0 Å². The van der Waals surface area contributed by atoms with Gasteiger partial charge in [-0.15, -0.1) is 0 Å². The number of fused-ring (bicyclic) bond motifs is 2. The molecule has 176 valence electrons. The van der Waals surface area contributed by atoms with Gasteiger partial charge in [-0.25, -0.2) is 4.79 Å². The molecule has 4 rings (SSSR count). The van der Waals surface area contributed by atoms with E-state index in [1.807, 2.05) is 25.1 Å². The van der Waals surface area contributed by atoms with Gasteiger partial charge in [-0.05, 0) is 63.3 Å². The zero-order valence-corrected chi connectivity index (χ0v) is 19.2. The number of aryl methyl sites for hydroxylation is 2. The molecule has 0 saturated heterocycles. The van der Waals surface area contributed by atoms with Gasteiger partial charge in [-0.3, -0.25) is 19.9 Å². The number of hydrogen-bond donors (Lipinski definition) is 1. The maximum atomic E-state index is 13.3. The van der Waals surface area contributed by atoms with Gasteiger partial charge in [0.25, 0.3) is 11.6 Å². The van der Waals surface area contributed by atoms with Crippen LogP contribution in [0.25, 0.3) is 10.9 Å². The van der Waals surface area contributed by atoms with E-state index in [-0.39, 0.29) is 17.1 Å². The van der Waals surface area contributed by atoms with E-state index in [0.29, 0.717) is 10.9 Å². The summed E-state index contributed by atoms with van der Waals surface area (Å²) in [6, 6.07) is 9.61. The Bertz CT molecular complexity index is 1300. The van der Waals surface area contributed by atoms with Crippen LogP contribution in [0.1, 0.15) is 46.9 Å². The van der Waals surface area contributed by atoms with E-state index in [2.05, 4.69) is 5.32 Å². The zero-order valence-electron chi connectivity index (χ0n) is 19.2. The number of nitro groups is 1. The lowest BCUT2D eigenvalue weighted by Gasteiger charge is -2.21. The number of carbonyl (C=O) groups excluding carboxylic acids is 2. The molecule has 1 aliphatic carbocycles. The molecule has 0 fully saturated rings. The molecule has 0 aliphatic heterocycles. The lowest BCUT2D eigenvalue weighted by atomic mass is 9.89. The Labute approximate surface area is 196 Å². The van der Waals surface area contributed by atoms with Crippen molar-refractivity contribution in [2.45, 2.75) is 45.6 Å². The third-order valence-electron chi connectivity index (χ3n) is 5.93. The molecule has 2 aromatic carbocycles. The standard InChI is InChI=1S/C25H25N3O6/c1-14-8-10-20-18(12-14)23(17-6-4-5-7-19(17)26-20)25(30)34-15(2)24(29)27-21-13-16(28(31)32)9-11-22(21)33-3/h8-13,15H,4-7H2,1-3H3,(H,27,29). The maximum Gasteiger partial charge on any atom is 0.339 e. The van der Waals surface area contributed by atoms with Gasteiger partial charge in [0.05, 0.1) is 28.8 Å². The maximum absolute atomic E-state index is 13.3. The minimum absolute atomic E-state index is 0.118. The number of ether oxygens (including phenoxy) is 2. The summed E-state index contributed by atoms with van der Waals surface area (Å²) in [4.78, 5) is 41.4. The van der Waals surface area contributed by atoms with Crippen LogP contribution in [-0.4, -0.2) is 35.0 Å².